The van der Waals surface area contributed by atoms with Crippen molar-refractivity contribution in [1.29, 1.82) is 0 Å². The minimum absolute atomic E-state index is 0.0740. The summed E-state index contributed by atoms with van der Waals surface area (Å²) in [6.07, 6.45) is 0. The van der Waals surface area contributed by atoms with Crippen LogP contribution in [0.1, 0.15) is 18.2 Å². The molecule has 1 aromatic carbocycles. The zero-order chi connectivity index (χ0) is 11.5. The Morgan fingerprint density at radius 1 is 1.25 bits per heavy atom. The van der Waals surface area contributed by atoms with E-state index in [4.69, 9.17) is 4.42 Å². The van der Waals surface area contributed by atoms with Gasteiger partial charge in [0.25, 0.3) is 5.95 Å². The van der Waals surface area contributed by atoms with Gasteiger partial charge < -0.3 is 9.52 Å². The van der Waals surface area contributed by atoms with Gasteiger partial charge in [-0.25, -0.2) is 4.99 Å². The highest BCUT2D eigenvalue weighted by atomic mass is 16.5. The molecule has 1 heterocycles. The second-order valence-electron chi connectivity index (χ2n) is 3.63. The van der Waals surface area contributed by atoms with Crippen molar-refractivity contribution in [3.63, 3.8) is 0 Å². The molecule has 0 unspecified atom stereocenters. The SMILES string of the molecule is CC(=Nc1ccccc1)c1oc(O)cc1C. The predicted molar refractivity (Wildman–Crippen MR) is 63.4 cm³/mol. The van der Waals surface area contributed by atoms with Gasteiger partial charge in [-0.1, -0.05) is 18.2 Å². The first-order valence-electron chi connectivity index (χ1n) is 5.07. The van der Waals surface area contributed by atoms with Crippen molar-refractivity contribution in [2.24, 2.45) is 4.99 Å². The Bertz CT molecular complexity index is 512. The van der Waals surface area contributed by atoms with E-state index in [9.17, 15) is 5.11 Å². The first-order chi connectivity index (χ1) is 7.66. The molecule has 0 fully saturated rings. The van der Waals surface area contributed by atoms with Crippen LogP contribution in [-0.4, -0.2) is 10.8 Å². The second kappa shape index (κ2) is 4.23. The summed E-state index contributed by atoms with van der Waals surface area (Å²) in [5, 5.41) is 9.23. The largest absolute Gasteiger partial charge is 0.481 e. The first-order valence-corrected chi connectivity index (χ1v) is 5.07. The van der Waals surface area contributed by atoms with Crippen LogP contribution in [0.5, 0.6) is 5.95 Å². The van der Waals surface area contributed by atoms with Gasteiger partial charge in [-0.2, -0.15) is 0 Å². The number of nitrogens with zero attached hydrogens (tertiary/aromatic N) is 1. The molecule has 1 N–H and O–H groups in total. The van der Waals surface area contributed by atoms with Crippen LogP contribution in [0.4, 0.5) is 5.69 Å². The van der Waals surface area contributed by atoms with Gasteiger partial charge in [0.15, 0.2) is 5.76 Å². The third-order valence-corrected chi connectivity index (χ3v) is 2.29. The number of aliphatic imine (C=N–C) groups is 1. The lowest BCUT2D eigenvalue weighted by molar-refractivity contribution is 0.330. The van der Waals surface area contributed by atoms with Crippen molar-refractivity contribution < 1.29 is 9.52 Å². The van der Waals surface area contributed by atoms with Gasteiger partial charge in [0.05, 0.1) is 11.4 Å². The zero-order valence-corrected chi connectivity index (χ0v) is 9.27. The van der Waals surface area contributed by atoms with E-state index in [-0.39, 0.29) is 5.95 Å². The highest BCUT2D eigenvalue weighted by molar-refractivity contribution is 5.99. The van der Waals surface area contributed by atoms with Gasteiger partial charge in [-0.05, 0) is 26.0 Å². The van der Waals surface area contributed by atoms with Crippen LogP contribution >= 0.6 is 0 Å². The van der Waals surface area contributed by atoms with Crippen molar-refractivity contribution in [2.75, 3.05) is 0 Å². The monoisotopic (exact) mass is 215 g/mol. The van der Waals surface area contributed by atoms with Crippen LogP contribution in [0.15, 0.2) is 45.8 Å². The summed E-state index contributed by atoms with van der Waals surface area (Å²) < 4.78 is 5.17. The van der Waals surface area contributed by atoms with Gasteiger partial charge in [0.2, 0.25) is 0 Å². The van der Waals surface area contributed by atoms with E-state index < -0.39 is 0 Å². The maximum Gasteiger partial charge on any atom is 0.282 e. The van der Waals surface area contributed by atoms with Crippen LogP contribution in [-0.2, 0) is 0 Å². The lowest BCUT2D eigenvalue weighted by Gasteiger charge is -1.98. The van der Waals surface area contributed by atoms with Crippen molar-refractivity contribution in [2.45, 2.75) is 13.8 Å². The van der Waals surface area contributed by atoms with Gasteiger partial charge in [0, 0.05) is 11.6 Å². The van der Waals surface area contributed by atoms with Gasteiger partial charge in [0.1, 0.15) is 0 Å². The molecule has 0 atom stereocenters. The first kappa shape index (κ1) is 10.5. The number of hydrogen-bond acceptors (Lipinski definition) is 3. The molecule has 82 valence electrons. The van der Waals surface area contributed by atoms with Gasteiger partial charge in [-0.3, -0.25) is 0 Å². The fourth-order valence-electron chi connectivity index (χ4n) is 1.57. The highest BCUT2D eigenvalue weighted by Crippen LogP contribution is 2.22. The third kappa shape index (κ3) is 2.14. The fourth-order valence-corrected chi connectivity index (χ4v) is 1.57. The normalized spacial score (nSPS) is 11.8. The number of hydrogen-bond donors (Lipinski definition) is 1. The van der Waals surface area contributed by atoms with Crippen molar-refractivity contribution in [3.8, 4) is 5.95 Å². The predicted octanol–water partition coefficient (Wildman–Crippen LogP) is 3.43. The molecule has 0 saturated heterocycles. The van der Waals surface area contributed by atoms with E-state index in [0.29, 0.717) is 5.76 Å². The lowest BCUT2D eigenvalue weighted by atomic mass is 10.2. The van der Waals surface area contributed by atoms with Crippen LogP contribution < -0.4 is 0 Å². The van der Waals surface area contributed by atoms with E-state index >= 15 is 0 Å². The molecule has 1 aromatic heterocycles. The second-order valence-corrected chi connectivity index (χ2v) is 3.63. The molecule has 0 aliphatic rings. The minimum atomic E-state index is -0.0740. The minimum Gasteiger partial charge on any atom is -0.481 e. The molecule has 0 amide bonds. The molecule has 3 nitrogen and oxygen atoms in total. The maximum atomic E-state index is 9.23. The molecule has 0 aliphatic heterocycles. The standard InChI is InChI=1S/C13H13NO2/c1-9-8-12(15)16-13(9)10(2)14-11-6-4-3-5-7-11/h3-8,15H,1-2H3. The molecule has 3 heteroatoms. The molecule has 0 saturated carbocycles. The van der Waals surface area contributed by atoms with Crippen molar-refractivity contribution >= 4 is 11.4 Å². The molecule has 0 spiro atoms. The average molecular weight is 215 g/mol. The Morgan fingerprint density at radius 2 is 1.94 bits per heavy atom. The Morgan fingerprint density at radius 3 is 2.50 bits per heavy atom. The molecule has 2 rings (SSSR count). The quantitative estimate of drug-likeness (QED) is 0.780. The molecular weight excluding hydrogens is 202 g/mol. The molecular formula is C13H13NO2. The fraction of sp³-hybridized carbons (Fsp3) is 0.154. The molecule has 0 bridgehead atoms. The number of aryl methyl sites for hydroxylation is 1. The van der Waals surface area contributed by atoms with Crippen LogP contribution in [0.25, 0.3) is 0 Å². The lowest BCUT2D eigenvalue weighted by Crippen LogP contribution is -1.93. The smallest absolute Gasteiger partial charge is 0.282 e. The average Bonchev–Trinajstić information content (AvgIpc) is 2.59. The van der Waals surface area contributed by atoms with E-state index in [1.165, 1.54) is 0 Å². The molecule has 2 aromatic rings. The Labute approximate surface area is 94.1 Å². The van der Waals surface area contributed by atoms with Crippen LogP contribution in [0.2, 0.25) is 0 Å². The van der Waals surface area contributed by atoms with E-state index in [1.807, 2.05) is 44.2 Å². The summed E-state index contributed by atoms with van der Waals surface area (Å²) in [7, 11) is 0. The highest BCUT2D eigenvalue weighted by Gasteiger charge is 2.09. The third-order valence-electron chi connectivity index (χ3n) is 2.29. The van der Waals surface area contributed by atoms with Crippen molar-refractivity contribution in [3.05, 3.63) is 47.7 Å². The van der Waals surface area contributed by atoms with Gasteiger partial charge in [-0.15, -0.1) is 0 Å². The Hall–Kier alpha value is -2.03. The number of aromatic hydroxyl groups is 1. The summed E-state index contributed by atoms with van der Waals surface area (Å²) in [6.45, 7) is 3.74. The summed E-state index contributed by atoms with van der Waals surface area (Å²) in [5.74, 6) is 0.552. The molecule has 0 aliphatic carbocycles. The van der Waals surface area contributed by atoms with Gasteiger partial charge >= 0.3 is 0 Å². The maximum absolute atomic E-state index is 9.23. The zero-order valence-electron chi connectivity index (χ0n) is 9.27. The number of rotatable bonds is 2. The summed E-state index contributed by atoms with van der Waals surface area (Å²) in [6, 6.07) is 11.2. The number of furan rings is 1. The van der Waals surface area contributed by atoms with Crippen molar-refractivity contribution in [1.82, 2.24) is 0 Å². The van der Waals surface area contributed by atoms with E-state index in [0.717, 1.165) is 17.0 Å². The molecule has 0 radical (unpaired) electrons. The topological polar surface area (TPSA) is 45.7 Å². The Balaban J connectivity index is 2.35. The summed E-state index contributed by atoms with van der Waals surface area (Å²) in [4.78, 5) is 4.42. The molecule has 16 heavy (non-hydrogen) atoms. The van der Waals surface area contributed by atoms with E-state index in [2.05, 4.69) is 4.99 Å². The van der Waals surface area contributed by atoms with Crippen LogP contribution in [0.3, 0.4) is 0 Å². The summed E-state index contributed by atoms with van der Waals surface area (Å²) >= 11 is 0. The van der Waals surface area contributed by atoms with Crippen LogP contribution in [0, 0.1) is 6.92 Å². The number of benzene rings is 1. The Kier molecular flexibility index (Phi) is 2.77. The summed E-state index contributed by atoms with van der Waals surface area (Å²) in [5.41, 5.74) is 2.51. The number of para-hydroxylation sites is 1. The van der Waals surface area contributed by atoms with E-state index in [1.54, 1.807) is 6.07 Å².